The van der Waals surface area contributed by atoms with Gasteiger partial charge < -0.3 is 15.2 Å². The Morgan fingerprint density at radius 2 is 1.95 bits per heavy atom. The zero-order valence-corrected chi connectivity index (χ0v) is 12.4. The number of ether oxygens (including phenoxy) is 1. The van der Waals surface area contributed by atoms with Gasteiger partial charge in [0.1, 0.15) is 5.60 Å². The highest BCUT2D eigenvalue weighted by Crippen LogP contribution is 2.25. The summed E-state index contributed by atoms with van der Waals surface area (Å²) >= 11 is 1.25. The van der Waals surface area contributed by atoms with Crippen LogP contribution in [-0.4, -0.2) is 27.8 Å². The topological polar surface area (TPSA) is 88.5 Å². The largest absolute Gasteiger partial charge is 0.479 e. The Balaban J connectivity index is 2.89. The molecule has 1 aromatic rings. The SMILES string of the molecule is Cc1nc(C)c(C(NC(=O)OC(C)(C)C)C(=O)O)s1. The van der Waals surface area contributed by atoms with Crippen molar-refractivity contribution in [2.45, 2.75) is 46.3 Å². The number of carbonyl (C=O) groups is 2. The van der Waals surface area contributed by atoms with E-state index in [4.69, 9.17) is 4.74 Å². The molecule has 0 aliphatic rings. The number of aryl methyl sites for hydroxylation is 2. The third kappa shape index (κ3) is 4.51. The summed E-state index contributed by atoms with van der Waals surface area (Å²) in [6.45, 7) is 8.64. The number of nitrogens with zero attached hydrogens (tertiary/aromatic N) is 1. The number of hydrogen-bond donors (Lipinski definition) is 2. The average Bonchev–Trinajstić information content (AvgIpc) is 2.51. The molecule has 1 heterocycles. The van der Waals surface area contributed by atoms with Crippen LogP contribution in [-0.2, 0) is 9.53 Å². The number of rotatable bonds is 3. The van der Waals surface area contributed by atoms with Crippen LogP contribution < -0.4 is 5.32 Å². The lowest BCUT2D eigenvalue weighted by molar-refractivity contribution is -0.139. The first-order valence-corrected chi connectivity index (χ1v) is 6.58. The molecule has 6 nitrogen and oxygen atoms in total. The Morgan fingerprint density at radius 1 is 1.37 bits per heavy atom. The Bertz CT molecular complexity index is 490. The number of amides is 1. The van der Waals surface area contributed by atoms with Crippen LogP contribution in [0.4, 0.5) is 4.79 Å². The van der Waals surface area contributed by atoms with Gasteiger partial charge in [0.15, 0.2) is 6.04 Å². The second kappa shape index (κ2) is 5.56. The van der Waals surface area contributed by atoms with Crippen LogP contribution >= 0.6 is 11.3 Å². The second-order valence-electron chi connectivity index (χ2n) is 5.10. The third-order valence-electron chi connectivity index (χ3n) is 2.11. The standard InChI is InChI=1S/C12H18N2O4S/c1-6-9(19-7(2)13-6)8(10(15)16)14-11(17)18-12(3,4)5/h8H,1-5H3,(H,14,17)(H,15,16). The quantitative estimate of drug-likeness (QED) is 0.890. The van der Waals surface area contributed by atoms with Crippen molar-refractivity contribution >= 4 is 23.4 Å². The molecule has 0 aliphatic carbocycles. The molecule has 0 saturated heterocycles. The molecule has 2 N–H and O–H groups in total. The van der Waals surface area contributed by atoms with Crippen LogP contribution in [0, 0.1) is 13.8 Å². The average molecular weight is 286 g/mol. The van der Waals surface area contributed by atoms with Gasteiger partial charge in [0.2, 0.25) is 0 Å². The van der Waals surface area contributed by atoms with E-state index in [-0.39, 0.29) is 0 Å². The molecule has 1 amide bonds. The fourth-order valence-corrected chi connectivity index (χ4v) is 2.45. The Morgan fingerprint density at radius 3 is 2.32 bits per heavy atom. The Labute approximate surface area is 115 Å². The highest BCUT2D eigenvalue weighted by Gasteiger charge is 2.28. The van der Waals surface area contributed by atoms with Crippen molar-refractivity contribution in [3.8, 4) is 0 Å². The van der Waals surface area contributed by atoms with E-state index in [1.807, 2.05) is 0 Å². The van der Waals surface area contributed by atoms with Gasteiger partial charge in [-0.25, -0.2) is 14.6 Å². The summed E-state index contributed by atoms with van der Waals surface area (Å²) in [5.41, 5.74) is -0.0721. The smallest absolute Gasteiger partial charge is 0.408 e. The van der Waals surface area contributed by atoms with E-state index in [1.165, 1.54) is 11.3 Å². The van der Waals surface area contributed by atoms with Crippen molar-refractivity contribution < 1.29 is 19.4 Å². The first-order valence-electron chi connectivity index (χ1n) is 5.76. The van der Waals surface area contributed by atoms with E-state index in [0.29, 0.717) is 10.6 Å². The molecule has 7 heteroatoms. The molecule has 1 rings (SSSR count). The van der Waals surface area contributed by atoms with Crippen molar-refractivity contribution in [1.29, 1.82) is 0 Å². The highest BCUT2D eigenvalue weighted by atomic mass is 32.1. The van der Waals surface area contributed by atoms with Gasteiger partial charge in [0, 0.05) is 0 Å². The summed E-state index contributed by atoms with van der Waals surface area (Å²) in [6.07, 6.45) is -0.759. The van der Waals surface area contributed by atoms with Crippen LogP contribution in [0.2, 0.25) is 0 Å². The minimum absolute atomic E-state index is 0.510. The van der Waals surface area contributed by atoms with Gasteiger partial charge in [-0.1, -0.05) is 0 Å². The lowest BCUT2D eigenvalue weighted by Crippen LogP contribution is -2.38. The maximum absolute atomic E-state index is 11.7. The van der Waals surface area contributed by atoms with Gasteiger partial charge >= 0.3 is 12.1 Å². The van der Waals surface area contributed by atoms with Crippen molar-refractivity contribution in [1.82, 2.24) is 10.3 Å². The van der Waals surface area contributed by atoms with Crippen LogP contribution in [0.1, 0.15) is 42.4 Å². The second-order valence-corrected chi connectivity index (χ2v) is 6.33. The number of alkyl carbamates (subject to hydrolysis) is 1. The van der Waals surface area contributed by atoms with Crippen molar-refractivity contribution in [2.75, 3.05) is 0 Å². The number of carboxylic acid groups (broad SMARTS) is 1. The van der Waals surface area contributed by atoms with E-state index in [2.05, 4.69) is 10.3 Å². The van der Waals surface area contributed by atoms with Crippen molar-refractivity contribution in [3.05, 3.63) is 15.6 Å². The lowest BCUT2D eigenvalue weighted by Gasteiger charge is -2.21. The fourth-order valence-electron chi connectivity index (χ4n) is 1.48. The van der Waals surface area contributed by atoms with Gasteiger partial charge in [-0.05, 0) is 34.6 Å². The molecule has 0 bridgehead atoms. The Hall–Kier alpha value is -1.63. The monoisotopic (exact) mass is 286 g/mol. The fraction of sp³-hybridized carbons (Fsp3) is 0.583. The number of nitrogens with one attached hydrogen (secondary N) is 1. The number of carboxylic acids is 1. The number of carbonyl (C=O) groups excluding carboxylic acids is 1. The summed E-state index contributed by atoms with van der Waals surface area (Å²) in [4.78, 5) is 27.6. The Kier molecular flexibility index (Phi) is 4.52. The zero-order valence-electron chi connectivity index (χ0n) is 11.6. The van der Waals surface area contributed by atoms with Gasteiger partial charge in [-0.3, -0.25) is 0 Å². The van der Waals surface area contributed by atoms with Gasteiger partial charge in [0.25, 0.3) is 0 Å². The normalized spacial score (nSPS) is 12.9. The van der Waals surface area contributed by atoms with E-state index in [9.17, 15) is 14.7 Å². The van der Waals surface area contributed by atoms with Crippen molar-refractivity contribution in [3.63, 3.8) is 0 Å². The molecule has 0 aromatic carbocycles. The van der Waals surface area contributed by atoms with E-state index >= 15 is 0 Å². The van der Waals surface area contributed by atoms with Gasteiger partial charge in [-0.15, -0.1) is 11.3 Å². The number of hydrogen-bond acceptors (Lipinski definition) is 5. The molecule has 1 unspecified atom stereocenters. The number of aliphatic carboxylic acids is 1. The molecule has 106 valence electrons. The lowest BCUT2D eigenvalue weighted by atomic mass is 10.2. The molecule has 0 radical (unpaired) electrons. The maximum atomic E-state index is 11.7. The van der Waals surface area contributed by atoms with Crippen LogP contribution in [0.5, 0.6) is 0 Å². The van der Waals surface area contributed by atoms with Crippen LogP contribution in [0.25, 0.3) is 0 Å². The molecule has 0 aliphatic heterocycles. The first kappa shape index (κ1) is 15.4. The summed E-state index contributed by atoms with van der Waals surface area (Å²) in [5, 5.41) is 12.3. The zero-order chi connectivity index (χ0) is 14.8. The molecular weight excluding hydrogens is 268 g/mol. The molecule has 0 saturated carbocycles. The molecular formula is C12H18N2O4S. The highest BCUT2D eigenvalue weighted by molar-refractivity contribution is 7.11. The molecule has 0 fully saturated rings. The van der Waals surface area contributed by atoms with E-state index in [0.717, 1.165) is 5.01 Å². The summed E-state index contributed by atoms with van der Waals surface area (Å²) in [7, 11) is 0. The molecule has 1 aromatic heterocycles. The van der Waals surface area contributed by atoms with E-state index < -0.39 is 23.7 Å². The molecule has 1 atom stereocenters. The predicted octanol–water partition coefficient (Wildman–Crippen LogP) is 2.41. The van der Waals surface area contributed by atoms with Crippen LogP contribution in [0.3, 0.4) is 0 Å². The summed E-state index contributed by atoms with van der Waals surface area (Å²) in [5.74, 6) is -1.14. The number of thiazole rings is 1. The van der Waals surface area contributed by atoms with Gasteiger partial charge in [-0.2, -0.15) is 0 Å². The summed E-state index contributed by atoms with van der Waals surface area (Å²) in [6, 6.07) is -1.14. The van der Waals surface area contributed by atoms with Crippen LogP contribution in [0.15, 0.2) is 0 Å². The number of aromatic nitrogens is 1. The van der Waals surface area contributed by atoms with Crippen molar-refractivity contribution in [2.24, 2.45) is 0 Å². The first-order chi connectivity index (χ1) is 8.60. The third-order valence-corrected chi connectivity index (χ3v) is 3.25. The van der Waals surface area contributed by atoms with Gasteiger partial charge in [0.05, 0.1) is 15.6 Å². The molecule has 19 heavy (non-hydrogen) atoms. The van der Waals surface area contributed by atoms with E-state index in [1.54, 1.807) is 34.6 Å². The summed E-state index contributed by atoms with van der Waals surface area (Å²) < 4.78 is 5.06. The predicted molar refractivity (Wildman–Crippen MR) is 71.3 cm³/mol. The minimum atomic E-state index is -1.14. The molecule has 0 spiro atoms. The minimum Gasteiger partial charge on any atom is -0.479 e. The maximum Gasteiger partial charge on any atom is 0.408 e.